The van der Waals surface area contributed by atoms with Crippen molar-refractivity contribution >= 4 is 132 Å². The van der Waals surface area contributed by atoms with E-state index in [1.807, 2.05) is 115 Å². The van der Waals surface area contributed by atoms with Crippen LogP contribution in [-0.2, 0) is 27.9 Å². The predicted octanol–water partition coefficient (Wildman–Crippen LogP) is 15.1. The minimum absolute atomic E-state index is 0.142. The van der Waals surface area contributed by atoms with Crippen LogP contribution in [-0.4, -0.2) is 83.5 Å². The second-order valence-electron chi connectivity index (χ2n) is 21.4. The number of nitrogens with two attached hydrogens (primary N) is 1. The number of fused-ring (bicyclic) bond motifs is 2. The van der Waals surface area contributed by atoms with E-state index >= 15 is 0 Å². The SMILES string of the molecule is CN(C(=O)c1ccc(N)cc1)c1cccc(Nc2ncc(Cl)c(-c3cn(-c4ccccc4)c4ccccc34)n2)c1.CN(C(=O)c1ccc(NC(=O)OC(C)(C)C)cc1)c1cccc(Nc2ncc(Cl)c(-c3cn(-c4ccccc4)c4ccccc34)n2)c1.O=S=O.O=S=O. The minimum Gasteiger partial charge on any atom is -0.444 e. The molecule has 3 amide bonds. The maximum absolute atomic E-state index is 13.3. The van der Waals surface area contributed by atoms with Crippen molar-refractivity contribution in [3.8, 4) is 33.9 Å². The number of ether oxygens (including phenoxy) is 1. The van der Waals surface area contributed by atoms with Crippen molar-refractivity contribution in [2.75, 3.05) is 45.6 Å². The monoisotopic (exact) mass is 1320 g/mol. The zero-order valence-electron chi connectivity index (χ0n) is 50.4. The summed E-state index contributed by atoms with van der Waals surface area (Å²) in [5.41, 5.74) is 17.3. The molecule has 0 fully saturated rings. The molecule has 0 bridgehead atoms. The Hall–Kier alpha value is -11.2. The van der Waals surface area contributed by atoms with Gasteiger partial charge in [0, 0.05) is 105 Å². The number of nitrogen functional groups attached to an aromatic ring is 1. The fourth-order valence-corrected chi connectivity index (χ4v) is 10.2. The number of nitrogens with zero attached hydrogens (tertiary/aromatic N) is 8. The lowest BCUT2D eigenvalue weighted by atomic mass is 10.1. The Labute approximate surface area is 551 Å². The summed E-state index contributed by atoms with van der Waals surface area (Å²) < 4.78 is 42.7. The summed E-state index contributed by atoms with van der Waals surface area (Å²) in [5.74, 6) is 0.392. The third kappa shape index (κ3) is 16.6. The number of rotatable bonds is 13. The van der Waals surface area contributed by atoms with Crippen molar-refractivity contribution in [1.29, 1.82) is 0 Å². The normalized spacial score (nSPS) is 10.7. The average molecular weight is 1320 g/mol. The van der Waals surface area contributed by atoms with E-state index in [0.29, 0.717) is 72.9 Å². The first-order chi connectivity index (χ1) is 44.9. The molecule has 0 saturated carbocycles. The first-order valence-electron chi connectivity index (χ1n) is 28.3. The van der Waals surface area contributed by atoms with Gasteiger partial charge in [-0.15, -0.1) is 0 Å². The van der Waals surface area contributed by atoms with Gasteiger partial charge in [-0.25, -0.2) is 24.7 Å². The van der Waals surface area contributed by atoms with Gasteiger partial charge in [0.1, 0.15) is 5.60 Å². The van der Waals surface area contributed by atoms with Gasteiger partial charge in [-0.05, 0) is 142 Å². The molecule has 24 heteroatoms. The number of para-hydroxylation sites is 4. The molecule has 12 rings (SSSR count). The predicted molar refractivity (Wildman–Crippen MR) is 369 cm³/mol. The molecule has 20 nitrogen and oxygen atoms in total. The van der Waals surface area contributed by atoms with E-state index in [1.54, 1.807) is 106 Å². The fraction of sp³-hybridized carbons (Fsp3) is 0.0870. The van der Waals surface area contributed by atoms with Crippen molar-refractivity contribution in [3.05, 3.63) is 252 Å². The highest BCUT2D eigenvalue weighted by atomic mass is 35.5. The number of benzene rings is 8. The number of anilines is 8. The molecule has 5 N–H and O–H groups in total. The van der Waals surface area contributed by atoms with E-state index in [0.717, 1.165) is 50.0 Å². The Kier molecular flexibility index (Phi) is 21.8. The number of hydrogen-bond acceptors (Lipinski definition) is 15. The zero-order valence-corrected chi connectivity index (χ0v) is 53.6. The van der Waals surface area contributed by atoms with Gasteiger partial charge in [0.15, 0.2) is 0 Å². The van der Waals surface area contributed by atoms with Crippen LogP contribution in [0.3, 0.4) is 0 Å². The molecule has 0 aliphatic rings. The first-order valence-corrected chi connectivity index (χ1v) is 30.4. The number of amides is 3. The molecule has 8 aromatic carbocycles. The number of hydrogen-bond donors (Lipinski definition) is 4. The Morgan fingerprint density at radius 3 is 1.30 bits per heavy atom. The molecule has 0 aliphatic carbocycles. The molecule has 0 spiro atoms. The Morgan fingerprint density at radius 2 is 0.892 bits per heavy atom. The molecule has 468 valence electrons. The van der Waals surface area contributed by atoms with Crippen LogP contribution in [0.25, 0.3) is 55.7 Å². The number of carbonyl (C=O) groups is 3. The topological polar surface area (TPSA) is 259 Å². The van der Waals surface area contributed by atoms with Crippen LogP contribution < -0.4 is 31.5 Å². The molecular weight excluding hydrogens is 1260 g/mol. The van der Waals surface area contributed by atoms with Crippen LogP contribution in [0.4, 0.5) is 50.8 Å². The van der Waals surface area contributed by atoms with Crippen molar-refractivity contribution in [1.82, 2.24) is 29.1 Å². The van der Waals surface area contributed by atoms with E-state index in [9.17, 15) is 14.4 Å². The second kappa shape index (κ2) is 30.6. The van der Waals surface area contributed by atoms with Crippen LogP contribution in [0.2, 0.25) is 10.0 Å². The Balaban J connectivity index is 0.000000204. The minimum atomic E-state index is -0.750. The van der Waals surface area contributed by atoms with E-state index in [-0.39, 0.29) is 11.8 Å². The van der Waals surface area contributed by atoms with Gasteiger partial charge in [-0.2, -0.15) is 16.8 Å². The van der Waals surface area contributed by atoms with E-state index < -0.39 is 34.8 Å². The summed E-state index contributed by atoms with van der Waals surface area (Å²) >= 11 is 11.8. The van der Waals surface area contributed by atoms with Gasteiger partial charge in [-0.1, -0.05) is 108 Å². The third-order valence-corrected chi connectivity index (χ3v) is 14.6. The largest absolute Gasteiger partial charge is 0.444 e. The molecule has 0 radical (unpaired) electrons. The van der Waals surface area contributed by atoms with Crippen LogP contribution in [0, 0.1) is 0 Å². The summed E-state index contributed by atoms with van der Waals surface area (Å²) in [6.45, 7) is 5.38. The summed E-state index contributed by atoms with van der Waals surface area (Å²) in [6.07, 6.45) is 6.72. The molecular formula is C69H58Cl2N12O8S2. The van der Waals surface area contributed by atoms with Crippen LogP contribution in [0.15, 0.2) is 231 Å². The van der Waals surface area contributed by atoms with Gasteiger partial charge in [0.05, 0.1) is 44.9 Å². The van der Waals surface area contributed by atoms with Crippen LogP contribution >= 0.6 is 23.2 Å². The smallest absolute Gasteiger partial charge is 0.412 e. The fourth-order valence-electron chi connectivity index (χ4n) is 9.78. The molecule has 0 unspecified atom stereocenters. The highest BCUT2D eigenvalue weighted by molar-refractivity contribution is 7.52. The van der Waals surface area contributed by atoms with Gasteiger partial charge < -0.3 is 40.0 Å². The maximum atomic E-state index is 13.3. The number of halogens is 2. The summed E-state index contributed by atoms with van der Waals surface area (Å²) in [4.78, 5) is 60.0. The highest BCUT2D eigenvalue weighted by Crippen LogP contribution is 2.38. The van der Waals surface area contributed by atoms with E-state index in [1.165, 1.54) is 0 Å². The summed E-state index contributed by atoms with van der Waals surface area (Å²) in [7, 11) is 3.44. The summed E-state index contributed by atoms with van der Waals surface area (Å²) in [6, 6.07) is 64.9. The molecule has 0 aliphatic heterocycles. The lowest BCUT2D eigenvalue weighted by Crippen LogP contribution is -2.27. The zero-order chi connectivity index (χ0) is 66.2. The van der Waals surface area contributed by atoms with E-state index in [4.69, 9.17) is 60.5 Å². The highest BCUT2D eigenvalue weighted by Gasteiger charge is 2.22. The second-order valence-corrected chi connectivity index (χ2v) is 22.4. The van der Waals surface area contributed by atoms with Gasteiger partial charge >= 0.3 is 29.2 Å². The molecule has 0 saturated heterocycles. The molecule has 4 heterocycles. The van der Waals surface area contributed by atoms with Crippen LogP contribution in [0.1, 0.15) is 41.5 Å². The molecule has 12 aromatic rings. The third-order valence-electron chi connectivity index (χ3n) is 14.0. The van der Waals surface area contributed by atoms with Crippen molar-refractivity contribution in [3.63, 3.8) is 0 Å². The maximum Gasteiger partial charge on any atom is 0.412 e. The lowest BCUT2D eigenvalue weighted by Gasteiger charge is -2.20. The number of nitrogens with one attached hydrogen (secondary N) is 3. The van der Waals surface area contributed by atoms with Crippen molar-refractivity contribution in [2.45, 2.75) is 26.4 Å². The number of aromatic nitrogens is 6. The average Bonchev–Trinajstić information content (AvgIpc) is 1.64. The van der Waals surface area contributed by atoms with Gasteiger partial charge in [0.25, 0.3) is 11.8 Å². The standard InChI is InChI=1S/C37H33ClN6O3.C32H25ClN6O.2O2S/c1-37(2,3)47-36(46)41-25-19-17-24(18-20-25)34(45)43(4)28-14-10-11-26(21-28)40-35-39-22-31(38)33(42-35)30-23-44(27-12-6-5-7-13-27)32-16-9-8-15-29(30)32;1-38(31(40)21-14-16-22(34)17-15-21)25-11-7-8-23(18-25)36-32-35-19-28(33)30(37-32)27-20-39(24-9-3-2-4-10-24)29-13-6-5-12-26(27)29;2*1-3-2/h5-23H,1-4H3,(H,41,46)(H,39,40,42);2-20H,34H2,1H3,(H,35,36,37);;. The van der Waals surface area contributed by atoms with Gasteiger partial charge in [-0.3, -0.25) is 14.9 Å². The van der Waals surface area contributed by atoms with Crippen molar-refractivity contribution in [2.24, 2.45) is 0 Å². The molecule has 0 atom stereocenters. The van der Waals surface area contributed by atoms with Crippen molar-refractivity contribution < 1.29 is 36.0 Å². The quantitative estimate of drug-likeness (QED) is 0.0783. The number of carbonyl (C=O) groups excluding carboxylic acids is 3. The summed E-state index contributed by atoms with van der Waals surface area (Å²) in [5, 5.41) is 12.1. The lowest BCUT2D eigenvalue weighted by molar-refractivity contribution is 0.0635. The molecule has 4 aromatic heterocycles. The van der Waals surface area contributed by atoms with Gasteiger partial charge in [0.2, 0.25) is 11.9 Å². The Bertz CT molecular complexity index is 4700. The Morgan fingerprint density at radius 1 is 0.505 bits per heavy atom. The molecule has 93 heavy (non-hydrogen) atoms. The first kappa shape index (κ1) is 66.3. The van der Waals surface area contributed by atoms with E-state index in [2.05, 4.69) is 89.8 Å². The van der Waals surface area contributed by atoms with Crippen LogP contribution in [0.5, 0.6) is 0 Å².